The minimum absolute atomic E-state index is 0.374. The lowest BCUT2D eigenvalue weighted by Crippen LogP contribution is -2.49. The molecule has 0 amide bonds. The van der Waals surface area contributed by atoms with Crippen molar-refractivity contribution in [2.45, 2.75) is 26.7 Å². The van der Waals surface area contributed by atoms with Gasteiger partial charge in [0, 0.05) is 32.2 Å². The van der Waals surface area contributed by atoms with Crippen LogP contribution in [-0.2, 0) is 0 Å². The predicted octanol–water partition coefficient (Wildman–Crippen LogP) is 1.35. The third kappa shape index (κ3) is 2.46. The molecule has 0 aliphatic carbocycles. The van der Waals surface area contributed by atoms with Crippen LogP contribution in [-0.4, -0.2) is 36.2 Å². The Balaban J connectivity index is 2.09. The average Bonchev–Trinajstić information content (AvgIpc) is 2.03. The molecule has 1 rings (SSSR count). The van der Waals surface area contributed by atoms with Gasteiger partial charge in [-0.25, -0.2) is 0 Å². The number of hydrogen-bond donors (Lipinski definition) is 1. The summed E-state index contributed by atoms with van der Waals surface area (Å²) in [5.74, 6) is 1.43. The molecule has 0 unspecified atom stereocenters. The van der Waals surface area contributed by atoms with Crippen LogP contribution in [0.3, 0.4) is 0 Å². The highest BCUT2D eigenvalue weighted by Crippen LogP contribution is 2.18. The number of aliphatic hydroxyl groups excluding tert-OH is 1. The summed E-state index contributed by atoms with van der Waals surface area (Å²) in [5, 5.41) is 8.83. The molecule has 0 atom stereocenters. The van der Waals surface area contributed by atoms with Crippen molar-refractivity contribution in [2.24, 2.45) is 11.8 Å². The zero-order valence-electron chi connectivity index (χ0n) is 8.29. The molecule has 0 spiro atoms. The molecule has 1 aliphatic heterocycles. The van der Waals surface area contributed by atoms with Crippen molar-refractivity contribution in [3.8, 4) is 0 Å². The van der Waals surface area contributed by atoms with Gasteiger partial charge in [-0.2, -0.15) is 0 Å². The van der Waals surface area contributed by atoms with Gasteiger partial charge in [-0.3, -0.25) is 0 Å². The van der Waals surface area contributed by atoms with Crippen LogP contribution in [0.25, 0.3) is 0 Å². The first-order valence-electron chi connectivity index (χ1n) is 5.13. The monoisotopic (exact) mass is 171 g/mol. The maximum Gasteiger partial charge on any atom is 0.0483 e. The molecular weight excluding hydrogens is 150 g/mol. The molecule has 72 valence electrons. The Kier molecular flexibility index (Phi) is 4.02. The van der Waals surface area contributed by atoms with E-state index in [0.717, 1.165) is 19.0 Å². The molecule has 2 heteroatoms. The van der Waals surface area contributed by atoms with Crippen molar-refractivity contribution in [3.05, 3.63) is 0 Å². The highest BCUT2D eigenvalue weighted by molar-refractivity contribution is 4.80. The molecule has 0 saturated carbocycles. The lowest BCUT2D eigenvalue weighted by molar-refractivity contribution is 0.0406. The molecular formula is C10H21NO. The minimum atomic E-state index is 0.374. The van der Waals surface area contributed by atoms with Crippen LogP contribution in [0.2, 0.25) is 0 Å². The van der Waals surface area contributed by atoms with Crippen molar-refractivity contribution >= 4 is 0 Å². The maximum atomic E-state index is 8.83. The molecule has 1 N–H and O–H groups in total. The summed E-state index contributed by atoms with van der Waals surface area (Å²) in [4.78, 5) is 2.46. The number of rotatable bonds is 5. The van der Waals surface area contributed by atoms with Crippen LogP contribution in [0, 0.1) is 11.8 Å². The van der Waals surface area contributed by atoms with E-state index >= 15 is 0 Å². The summed E-state index contributed by atoms with van der Waals surface area (Å²) < 4.78 is 0. The quantitative estimate of drug-likeness (QED) is 0.675. The fourth-order valence-corrected chi connectivity index (χ4v) is 1.85. The van der Waals surface area contributed by atoms with Crippen LogP contribution in [0.5, 0.6) is 0 Å². The zero-order valence-corrected chi connectivity index (χ0v) is 8.29. The predicted molar refractivity (Wildman–Crippen MR) is 51.1 cm³/mol. The fraction of sp³-hybridized carbons (Fsp3) is 1.00. The second kappa shape index (κ2) is 4.83. The van der Waals surface area contributed by atoms with Crippen molar-refractivity contribution in [1.29, 1.82) is 0 Å². The normalized spacial score (nSPS) is 20.0. The summed E-state index contributed by atoms with van der Waals surface area (Å²) >= 11 is 0. The highest BCUT2D eigenvalue weighted by Gasteiger charge is 2.26. The van der Waals surface area contributed by atoms with Crippen LogP contribution in [0.4, 0.5) is 0 Å². The first-order chi connectivity index (χ1) is 5.80. The summed E-state index contributed by atoms with van der Waals surface area (Å²) in [7, 11) is 0. The number of nitrogens with zero attached hydrogens (tertiary/aromatic N) is 1. The lowest BCUT2D eigenvalue weighted by atomic mass is 9.96. The van der Waals surface area contributed by atoms with Gasteiger partial charge in [-0.1, -0.05) is 26.7 Å². The molecule has 1 saturated heterocycles. The van der Waals surface area contributed by atoms with Gasteiger partial charge in [0.2, 0.25) is 0 Å². The van der Waals surface area contributed by atoms with E-state index in [1.807, 2.05) is 0 Å². The highest BCUT2D eigenvalue weighted by atomic mass is 16.3. The third-order valence-corrected chi connectivity index (χ3v) is 2.96. The molecule has 0 aromatic heterocycles. The Bertz CT molecular complexity index is 117. The topological polar surface area (TPSA) is 23.5 Å². The summed E-state index contributed by atoms with van der Waals surface area (Å²) in [6, 6.07) is 0. The Hall–Kier alpha value is -0.0800. The first-order valence-corrected chi connectivity index (χ1v) is 5.13. The van der Waals surface area contributed by atoms with Crippen molar-refractivity contribution in [2.75, 3.05) is 26.2 Å². The van der Waals surface area contributed by atoms with E-state index in [-0.39, 0.29) is 0 Å². The number of aliphatic hydroxyl groups is 1. The van der Waals surface area contributed by atoms with Crippen LogP contribution < -0.4 is 0 Å². The largest absolute Gasteiger partial charge is 0.396 e. The molecule has 2 nitrogen and oxygen atoms in total. The average molecular weight is 171 g/mol. The second-order valence-electron chi connectivity index (χ2n) is 3.95. The van der Waals surface area contributed by atoms with E-state index in [1.54, 1.807) is 0 Å². The van der Waals surface area contributed by atoms with Gasteiger partial charge in [0.25, 0.3) is 0 Å². The summed E-state index contributed by atoms with van der Waals surface area (Å²) in [5.41, 5.74) is 0. The second-order valence-corrected chi connectivity index (χ2v) is 3.95. The fourth-order valence-electron chi connectivity index (χ4n) is 1.85. The van der Waals surface area contributed by atoms with Crippen LogP contribution in [0.15, 0.2) is 0 Å². The first kappa shape index (κ1) is 10.0. The molecule has 0 aromatic carbocycles. The molecule has 1 aliphatic rings. The van der Waals surface area contributed by atoms with Gasteiger partial charge in [0.05, 0.1) is 0 Å². The zero-order chi connectivity index (χ0) is 8.97. The van der Waals surface area contributed by atoms with Crippen molar-refractivity contribution in [3.63, 3.8) is 0 Å². The molecule has 1 heterocycles. The van der Waals surface area contributed by atoms with Gasteiger partial charge in [-0.15, -0.1) is 0 Å². The number of likely N-dealkylation sites (tertiary alicyclic amines) is 1. The molecule has 12 heavy (non-hydrogen) atoms. The Morgan fingerprint density at radius 3 is 2.33 bits per heavy atom. The standard InChI is InChI=1S/C10H21NO/c1-3-9(4-2)5-11-6-10(7-11)8-12/h9-10,12H,3-8H2,1-2H3. The summed E-state index contributed by atoms with van der Waals surface area (Å²) in [6.07, 6.45) is 2.58. The molecule has 0 aromatic rings. The van der Waals surface area contributed by atoms with E-state index in [2.05, 4.69) is 18.7 Å². The van der Waals surface area contributed by atoms with E-state index in [9.17, 15) is 0 Å². The van der Waals surface area contributed by atoms with Crippen LogP contribution in [0.1, 0.15) is 26.7 Å². The van der Waals surface area contributed by atoms with E-state index in [4.69, 9.17) is 5.11 Å². The van der Waals surface area contributed by atoms with Gasteiger partial charge in [0.15, 0.2) is 0 Å². The van der Waals surface area contributed by atoms with Gasteiger partial charge < -0.3 is 10.0 Å². The Morgan fingerprint density at radius 2 is 1.92 bits per heavy atom. The number of hydrogen-bond acceptors (Lipinski definition) is 2. The van der Waals surface area contributed by atoms with E-state index in [1.165, 1.54) is 19.4 Å². The third-order valence-electron chi connectivity index (χ3n) is 2.96. The molecule has 1 fully saturated rings. The van der Waals surface area contributed by atoms with Gasteiger partial charge in [-0.05, 0) is 5.92 Å². The molecule has 0 bridgehead atoms. The molecule has 0 radical (unpaired) electrons. The SMILES string of the molecule is CCC(CC)CN1CC(CO)C1. The maximum absolute atomic E-state index is 8.83. The van der Waals surface area contributed by atoms with E-state index < -0.39 is 0 Å². The van der Waals surface area contributed by atoms with Gasteiger partial charge in [0.1, 0.15) is 0 Å². The van der Waals surface area contributed by atoms with Crippen molar-refractivity contribution < 1.29 is 5.11 Å². The van der Waals surface area contributed by atoms with Gasteiger partial charge >= 0.3 is 0 Å². The lowest BCUT2D eigenvalue weighted by Gasteiger charge is -2.40. The Morgan fingerprint density at radius 1 is 1.33 bits per heavy atom. The smallest absolute Gasteiger partial charge is 0.0483 e. The summed E-state index contributed by atoms with van der Waals surface area (Å²) in [6.45, 7) is 8.37. The van der Waals surface area contributed by atoms with Crippen molar-refractivity contribution in [1.82, 2.24) is 4.90 Å². The van der Waals surface area contributed by atoms with Crippen LogP contribution >= 0.6 is 0 Å². The van der Waals surface area contributed by atoms with E-state index in [0.29, 0.717) is 12.5 Å². The minimum Gasteiger partial charge on any atom is -0.396 e. The Labute approximate surface area is 75.6 Å².